The van der Waals surface area contributed by atoms with Crippen molar-refractivity contribution in [2.45, 2.75) is 13.5 Å². The molecule has 2 rings (SSSR count). The smallest absolute Gasteiger partial charge is 0.338 e. The van der Waals surface area contributed by atoms with E-state index < -0.39 is 0 Å². The Bertz CT molecular complexity index is 597. The Kier molecular flexibility index (Phi) is 5.16. The number of hydrogen-bond acceptors (Lipinski definition) is 3. The number of ether oxygens (including phenoxy) is 2. The summed E-state index contributed by atoms with van der Waals surface area (Å²) in [7, 11) is 0. The van der Waals surface area contributed by atoms with Crippen LogP contribution in [0.3, 0.4) is 0 Å². The number of hydrogen-bond donors (Lipinski definition) is 0. The number of carbonyl (C=O) groups is 1. The lowest BCUT2D eigenvalue weighted by Crippen LogP contribution is -2.04. The molecule has 0 heterocycles. The summed E-state index contributed by atoms with van der Waals surface area (Å²) in [5, 5.41) is 0. The molecule has 0 atom stereocenters. The highest BCUT2D eigenvalue weighted by Gasteiger charge is 2.05. The van der Waals surface area contributed by atoms with Crippen LogP contribution in [-0.4, -0.2) is 12.6 Å². The average molecular weight is 282 g/mol. The Morgan fingerprint density at radius 1 is 1.10 bits per heavy atom. The van der Waals surface area contributed by atoms with Gasteiger partial charge >= 0.3 is 5.97 Å². The van der Waals surface area contributed by atoms with Gasteiger partial charge in [-0.25, -0.2) is 4.79 Å². The Balaban J connectivity index is 1.93. The molecule has 0 unspecified atom stereocenters. The van der Waals surface area contributed by atoms with Crippen LogP contribution < -0.4 is 4.74 Å². The van der Waals surface area contributed by atoms with Gasteiger partial charge < -0.3 is 9.47 Å². The molecule has 0 spiro atoms. The lowest BCUT2D eigenvalue weighted by molar-refractivity contribution is 0.0526. The van der Waals surface area contributed by atoms with Gasteiger partial charge in [-0.05, 0) is 42.3 Å². The van der Waals surface area contributed by atoms with Crippen molar-refractivity contribution in [1.29, 1.82) is 0 Å². The van der Waals surface area contributed by atoms with Gasteiger partial charge in [0.2, 0.25) is 0 Å². The van der Waals surface area contributed by atoms with Crippen molar-refractivity contribution in [2.24, 2.45) is 0 Å². The van der Waals surface area contributed by atoms with E-state index in [0.717, 1.165) is 16.9 Å². The molecule has 0 radical (unpaired) electrons. The fourth-order valence-electron chi connectivity index (χ4n) is 1.82. The molecule has 21 heavy (non-hydrogen) atoms. The minimum Gasteiger partial charge on any atom is -0.489 e. The van der Waals surface area contributed by atoms with Crippen LogP contribution in [0.2, 0.25) is 0 Å². The monoisotopic (exact) mass is 282 g/mol. The average Bonchev–Trinajstić information content (AvgIpc) is 2.54. The summed E-state index contributed by atoms with van der Waals surface area (Å²) < 4.78 is 10.6. The second-order valence-electron chi connectivity index (χ2n) is 4.48. The third-order valence-electron chi connectivity index (χ3n) is 2.99. The molecule has 108 valence electrons. The fourth-order valence-corrected chi connectivity index (χ4v) is 1.82. The van der Waals surface area contributed by atoms with E-state index in [0.29, 0.717) is 18.8 Å². The van der Waals surface area contributed by atoms with Crippen LogP contribution in [0.5, 0.6) is 5.75 Å². The van der Waals surface area contributed by atoms with Gasteiger partial charge in [-0.2, -0.15) is 0 Å². The van der Waals surface area contributed by atoms with E-state index in [-0.39, 0.29) is 5.97 Å². The van der Waals surface area contributed by atoms with Gasteiger partial charge in [0, 0.05) is 0 Å². The lowest BCUT2D eigenvalue weighted by atomic mass is 10.1. The SMILES string of the molecule is C=Cc1ccc(COc2ccc(C(=O)OCC)cc2)cc1. The Morgan fingerprint density at radius 2 is 1.76 bits per heavy atom. The van der Waals surface area contributed by atoms with Crippen molar-refractivity contribution in [1.82, 2.24) is 0 Å². The van der Waals surface area contributed by atoms with Crippen LogP contribution in [-0.2, 0) is 11.3 Å². The van der Waals surface area contributed by atoms with E-state index in [1.807, 2.05) is 24.3 Å². The number of esters is 1. The molecule has 0 N–H and O–H groups in total. The van der Waals surface area contributed by atoms with Gasteiger partial charge in [0.15, 0.2) is 0 Å². The summed E-state index contributed by atoms with van der Waals surface area (Å²) in [5.41, 5.74) is 2.69. The number of rotatable bonds is 6. The van der Waals surface area contributed by atoms with Crippen LogP contribution in [0.15, 0.2) is 55.1 Å². The molecule has 2 aromatic rings. The first-order valence-electron chi connectivity index (χ1n) is 6.84. The predicted molar refractivity (Wildman–Crippen MR) is 83.3 cm³/mol. The van der Waals surface area contributed by atoms with Crippen LogP contribution >= 0.6 is 0 Å². The highest BCUT2D eigenvalue weighted by atomic mass is 16.5. The Labute approximate surface area is 124 Å². The second kappa shape index (κ2) is 7.29. The third-order valence-corrected chi connectivity index (χ3v) is 2.99. The van der Waals surface area contributed by atoms with Crippen LogP contribution in [0, 0.1) is 0 Å². The van der Waals surface area contributed by atoms with E-state index in [2.05, 4.69) is 6.58 Å². The summed E-state index contributed by atoms with van der Waals surface area (Å²) in [6.45, 7) is 6.36. The van der Waals surface area contributed by atoms with Gasteiger partial charge in [-0.1, -0.05) is 36.9 Å². The zero-order chi connectivity index (χ0) is 15.1. The fraction of sp³-hybridized carbons (Fsp3) is 0.167. The first-order chi connectivity index (χ1) is 10.2. The minimum atomic E-state index is -0.316. The largest absolute Gasteiger partial charge is 0.489 e. The topological polar surface area (TPSA) is 35.5 Å². The van der Waals surface area contributed by atoms with Crippen LogP contribution in [0.1, 0.15) is 28.4 Å². The molecule has 0 aliphatic rings. The maximum Gasteiger partial charge on any atom is 0.338 e. The van der Waals surface area contributed by atoms with Gasteiger partial charge in [0.1, 0.15) is 12.4 Å². The van der Waals surface area contributed by atoms with Gasteiger partial charge in [0.05, 0.1) is 12.2 Å². The molecule has 0 aliphatic heterocycles. The third kappa shape index (κ3) is 4.21. The molecule has 0 fully saturated rings. The van der Waals surface area contributed by atoms with E-state index in [1.165, 1.54) is 0 Å². The summed E-state index contributed by atoms with van der Waals surface area (Å²) in [6.07, 6.45) is 1.80. The zero-order valence-electron chi connectivity index (χ0n) is 12.0. The number of carbonyl (C=O) groups excluding carboxylic acids is 1. The molecule has 0 bridgehead atoms. The highest BCUT2D eigenvalue weighted by Crippen LogP contribution is 2.15. The maximum absolute atomic E-state index is 11.5. The molecular formula is C18H18O3. The Morgan fingerprint density at radius 3 is 2.33 bits per heavy atom. The molecule has 0 saturated carbocycles. The quantitative estimate of drug-likeness (QED) is 0.749. The first-order valence-corrected chi connectivity index (χ1v) is 6.84. The van der Waals surface area contributed by atoms with E-state index in [4.69, 9.17) is 9.47 Å². The molecule has 0 aromatic heterocycles. The second-order valence-corrected chi connectivity index (χ2v) is 4.48. The maximum atomic E-state index is 11.5. The van der Waals surface area contributed by atoms with Crippen molar-refractivity contribution < 1.29 is 14.3 Å². The zero-order valence-corrected chi connectivity index (χ0v) is 12.0. The van der Waals surface area contributed by atoms with E-state index in [9.17, 15) is 4.79 Å². The van der Waals surface area contributed by atoms with Gasteiger partial charge in [-0.15, -0.1) is 0 Å². The highest BCUT2D eigenvalue weighted by molar-refractivity contribution is 5.89. The summed E-state index contributed by atoms with van der Waals surface area (Å²) in [5.74, 6) is 0.403. The molecule has 2 aromatic carbocycles. The number of benzene rings is 2. The minimum absolute atomic E-state index is 0.316. The van der Waals surface area contributed by atoms with Crippen molar-refractivity contribution >= 4 is 12.0 Å². The predicted octanol–water partition coefficient (Wildman–Crippen LogP) is 4.09. The van der Waals surface area contributed by atoms with Crippen LogP contribution in [0.4, 0.5) is 0 Å². The molecule has 0 aliphatic carbocycles. The summed E-state index contributed by atoms with van der Waals surface area (Å²) >= 11 is 0. The molecule has 0 amide bonds. The summed E-state index contributed by atoms with van der Waals surface area (Å²) in [6, 6.07) is 14.9. The molecule has 3 heteroatoms. The molecule has 0 saturated heterocycles. The van der Waals surface area contributed by atoms with Crippen molar-refractivity contribution in [3.8, 4) is 5.75 Å². The first kappa shape index (κ1) is 14.9. The van der Waals surface area contributed by atoms with E-state index in [1.54, 1.807) is 37.3 Å². The van der Waals surface area contributed by atoms with Crippen molar-refractivity contribution in [3.63, 3.8) is 0 Å². The summed E-state index contributed by atoms with van der Waals surface area (Å²) in [4.78, 5) is 11.5. The van der Waals surface area contributed by atoms with Crippen molar-refractivity contribution in [3.05, 3.63) is 71.8 Å². The molecular weight excluding hydrogens is 264 g/mol. The normalized spacial score (nSPS) is 9.95. The Hall–Kier alpha value is -2.55. The van der Waals surface area contributed by atoms with Crippen LogP contribution in [0.25, 0.3) is 6.08 Å². The van der Waals surface area contributed by atoms with Gasteiger partial charge in [0.25, 0.3) is 0 Å². The van der Waals surface area contributed by atoms with E-state index >= 15 is 0 Å². The molecule has 3 nitrogen and oxygen atoms in total. The van der Waals surface area contributed by atoms with Gasteiger partial charge in [-0.3, -0.25) is 0 Å². The lowest BCUT2D eigenvalue weighted by Gasteiger charge is -2.07. The van der Waals surface area contributed by atoms with Crippen molar-refractivity contribution in [2.75, 3.05) is 6.61 Å². The standard InChI is InChI=1S/C18H18O3/c1-3-14-5-7-15(8-6-14)13-21-17-11-9-16(10-12-17)18(19)20-4-2/h3,5-12H,1,4,13H2,2H3.